The second-order valence-electron chi connectivity index (χ2n) is 6.70. The number of nitrogens with one attached hydrogen (secondary N) is 2. The van der Waals surface area contributed by atoms with E-state index >= 15 is 0 Å². The van der Waals surface area contributed by atoms with Crippen LogP contribution in [0, 0.1) is 12.8 Å². The quantitative estimate of drug-likeness (QED) is 0.635. The van der Waals surface area contributed by atoms with E-state index in [0.29, 0.717) is 36.6 Å². The minimum atomic E-state index is -0.265. The molecule has 1 amide bonds. The fourth-order valence-electron chi connectivity index (χ4n) is 3.24. The van der Waals surface area contributed by atoms with Gasteiger partial charge in [-0.2, -0.15) is 5.10 Å². The molecule has 2 aromatic heterocycles. The Morgan fingerprint density at radius 2 is 2.19 bits per heavy atom. The Kier molecular flexibility index (Phi) is 4.64. The summed E-state index contributed by atoms with van der Waals surface area (Å²) in [4.78, 5) is 12.6. The normalized spacial score (nSPS) is 19.3. The number of H-pyrrole nitrogens is 1. The summed E-state index contributed by atoms with van der Waals surface area (Å²) in [6, 6.07) is 10.2. The molecule has 8 heteroatoms. The SMILES string of the molecule is Cc1cc(CC2COCC2NC(=O)c2cc(-c3ccccc3O)n[nH]2)on1. The Hall–Kier alpha value is -3.13. The summed E-state index contributed by atoms with van der Waals surface area (Å²) < 4.78 is 10.8. The molecule has 2 unspecified atom stereocenters. The number of carbonyl (C=O) groups excluding carboxylic acids is 1. The highest BCUT2D eigenvalue weighted by Crippen LogP contribution is 2.27. The fraction of sp³-hybridized carbons (Fsp3) is 0.316. The number of aryl methyl sites for hydroxylation is 1. The molecule has 0 aliphatic carbocycles. The Morgan fingerprint density at radius 3 is 2.96 bits per heavy atom. The van der Waals surface area contributed by atoms with Gasteiger partial charge in [0.15, 0.2) is 0 Å². The van der Waals surface area contributed by atoms with Crippen molar-refractivity contribution >= 4 is 5.91 Å². The zero-order valence-corrected chi connectivity index (χ0v) is 14.8. The summed E-state index contributed by atoms with van der Waals surface area (Å²) >= 11 is 0. The average Bonchev–Trinajstić information content (AvgIpc) is 3.38. The van der Waals surface area contributed by atoms with Crippen molar-refractivity contribution in [3.63, 3.8) is 0 Å². The number of rotatable bonds is 5. The van der Waals surface area contributed by atoms with E-state index in [4.69, 9.17) is 9.26 Å². The molecule has 2 atom stereocenters. The van der Waals surface area contributed by atoms with Gasteiger partial charge in [0.25, 0.3) is 5.91 Å². The number of nitrogens with zero attached hydrogens (tertiary/aromatic N) is 2. The van der Waals surface area contributed by atoms with Crippen molar-refractivity contribution in [1.29, 1.82) is 0 Å². The zero-order valence-electron chi connectivity index (χ0n) is 14.8. The molecule has 1 saturated heterocycles. The van der Waals surface area contributed by atoms with Gasteiger partial charge in [-0.15, -0.1) is 0 Å². The number of benzene rings is 1. The van der Waals surface area contributed by atoms with Crippen molar-refractivity contribution in [3.05, 3.63) is 53.5 Å². The molecule has 140 valence electrons. The lowest BCUT2D eigenvalue weighted by atomic mass is 9.98. The fourth-order valence-corrected chi connectivity index (χ4v) is 3.24. The van der Waals surface area contributed by atoms with Crippen LogP contribution in [0.25, 0.3) is 11.3 Å². The van der Waals surface area contributed by atoms with Crippen LogP contribution in [0.1, 0.15) is 21.9 Å². The molecule has 0 saturated carbocycles. The van der Waals surface area contributed by atoms with Gasteiger partial charge in [0.05, 0.1) is 30.6 Å². The van der Waals surface area contributed by atoms with Gasteiger partial charge in [0, 0.05) is 24.0 Å². The number of phenols is 1. The second kappa shape index (κ2) is 7.24. The van der Waals surface area contributed by atoms with Gasteiger partial charge in [-0.25, -0.2) is 0 Å². The third-order valence-corrected chi connectivity index (χ3v) is 4.66. The Morgan fingerprint density at radius 1 is 1.33 bits per heavy atom. The molecule has 3 N–H and O–H groups in total. The van der Waals surface area contributed by atoms with Crippen LogP contribution in [0.4, 0.5) is 0 Å². The van der Waals surface area contributed by atoms with Crippen molar-refractivity contribution in [3.8, 4) is 17.0 Å². The van der Waals surface area contributed by atoms with Gasteiger partial charge in [0.1, 0.15) is 17.2 Å². The highest BCUT2D eigenvalue weighted by Gasteiger charge is 2.31. The number of aromatic nitrogens is 3. The van der Waals surface area contributed by atoms with Gasteiger partial charge in [-0.1, -0.05) is 17.3 Å². The number of aromatic amines is 1. The van der Waals surface area contributed by atoms with E-state index in [1.807, 2.05) is 13.0 Å². The van der Waals surface area contributed by atoms with Crippen molar-refractivity contribution < 1.29 is 19.2 Å². The molecule has 1 aromatic carbocycles. The Balaban J connectivity index is 1.43. The van der Waals surface area contributed by atoms with E-state index in [9.17, 15) is 9.90 Å². The minimum Gasteiger partial charge on any atom is -0.507 e. The monoisotopic (exact) mass is 368 g/mol. The van der Waals surface area contributed by atoms with E-state index in [0.717, 1.165) is 11.5 Å². The first-order valence-corrected chi connectivity index (χ1v) is 8.74. The number of ether oxygens (including phenoxy) is 1. The molecule has 0 radical (unpaired) electrons. The summed E-state index contributed by atoms with van der Waals surface area (Å²) in [5.41, 5.74) is 2.23. The summed E-state index contributed by atoms with van der Waals surface area (Å²) in [5.74, 6) is 0.744. The molecule has 1 fully saturated rings. The molecule has 0 spiro atoms. The number of hydrogen-bond donors (Lipinski definition) is 3. The van der Waals surface area contributed by atoms with E-state index in [2.05, 4.69) is 20.7 Å². The first-order valence-electron chi connectivity index (χ1n) is 8.74. The third kappa shape index (κ3) is 3.70. The van der Waals surface area contributed by atoms with Crippen LogP contribution in [-0.2, 0) is 11.2 Å². The molecular formula is C19H20N4O4. The summed E-state index contributed by atoms with van der Waals surface area (Å²) in [5, 5.41) is 23.7. The van der Waals surface area contributed by atoms with Crippen molar-refractivity contribution in [2.75, 3.05) is 13.2 Å². The summed E-state index contributed by atoms with van der Waals surface area (Å²) in [7, 11) is 0. The number of carbonyl (C=O) groups is 1. The predicted octanol–water partition coefficient (Wildman–Crippen LogP) is 2.07. The van der Waals surface area contributed by atoms with Crippen molar-refractivity contribution in [2.45, 2.75) is 19.4 Å². The van der Waals surface area contributed by atoms with Gasteiger partial charge in [-0.05, 0) is 25.1 Å². The molecule has 3 heterocycles. The maximum Gasteiger partial charge on any atom is 0.269 e. The van der Waals surface area contributed by atoms with Gasteiger partial charge in [-0.3, -0.25) is 9.89 Å². The maximum absolute atomic E-state index is 12.6. The molecule has 27 heavy (non-hydrogen) atoms. The number of para-hydroxylation sites is 1. The standard InChI is InChI=1S/C19H20N4O4/c1-11-6-13(27-23-11)7-12-9-26-10-17(12)20-19(25)16-8-15(21-22-16)14-4-2-3-5-18(14)24/h2-6,8,12,17,24H,7,9-10H2,1H3,(H,20,25)(H,21,22). The van der Waals surface area contributed by atoms with Crippen LogP contribution in [0.2, 0.25) is 0 Å². The van der Waals surface area contributed by atoms with Gasteiger partial charge in [0.2, 0.25) is 0 Å². The molecule has 0 bridgehead atoms. The lowest BCUT2D eigenvalue weighted by Gasteiger charge is -2.17. The number of amides is 1. The van der Waals surface area contributed by atoms with Crippen LogP contribution in [0.5, 0.6) is 5.75 Å². The van der Waals surface area contributed by atoms with Crippen LogP contribution in [0.3, 0.4) is 0 Å². The predicted molar refractivity (Wildman–Crippen MR) is 96.2 cm³/mol. The van der Waals surface area contributed by atoms with E-state index < -0.39 is 0 Å². The first-order chi connectivity index (χ1) is 13.1. The molecule has 1 aliphatic rings. The second-order valence-corrected chi connectivity index (χ2v) is 6.70. The largest absolute Gasteiger partial charge is 0.507 e. The molecule has 4 rings (SSSR count). The highest BCUT2D eigenvalue weighted by atomic mass is 16.5. The number of hydrogen-bond acceptors (Lipinski definition) is 6. The zero-order chi connectivity index (χ0) is 18.8. The molecular weight excluding hydrogens is 348 g/mol. The third-order valence-electron chi connectivity index (χ3n) is 4.66. The maximum atomic E-state index is 12.6. The number of aromatic hydroxyl groups is 1. The van der Waals surface area contributed by atoms with Gasteiger partial charge < -0.3 is 19.7 Å². The number of phenolic OH excluding ortho intramolecular Hbond substituents is 1. The lowest BCUT2D eigenvalue weighted by Crippen LogP contribution is -2.40. The summed E-state index contributed by atoms with van der Waals surface area (Å²) in [6.45, 7) is 2.87. The smallest absolute Gasteiger partial charge is 0.269 e. The Bertz CT molecular complexity index is 949. The van der Waals surface area contributed by atoms with Crippen LogP contribution in [-0.4, -0.2) is 45.6 Å². The first kappa shape index (κ1) is 17.3. The minimum absolute atomic E-state index is 0.113. The average molecular weight is 368 g/mol. The molecule has 3 aromatic rings. The van der Waals surface area contributed by atoms with E-state index in [-0.39, 0.29) is 23.6 Å². The molecule has 1 aliphatic heterocycles. The lowest BCUT2D eigenvalue weighted by molar-refractivity contribution is 0.0919. The highest BCUT2D eigenvalue weighted by molar-refractivity contribution is 5.93. The topological polar surface area (TPSA) is 113 Å². The van der Waals surface area contributed by atoms with E-state index in [1.54, 1.807) is 30.3 Å². The summed E-state index contributed by atoms with van der Waals surface area (Å²) in [6.07, 6.45) is 0.651. The van der Waals surface area contributed by atoms with Crippen molar-refractivity contribution in [2.24, 2.45) is 5.92 Å². The molecule has 8 nitrogen and oxygen atoms in total. The van der Waals surface area contributed by atoms with Gasteiger partial charge >= 0.3 is 0 Å². The van der Waals surface area contributed by atoms with Crippen LogP contribution < -0.4 is 5.32 Å². The van der Waals surface area contributed by atoms with Crippen LogP contribution in [0.15, 0.2) is 40.9 Å². The Labute approximate surface area is 155 Å². The van der Waals surface area contributed by atoms with E-state index in [1.165, 1.54) is 0 Å². The van der Waals surface area contributed by atoms with Crippen molar-refractivity contribution in [1.82, 2.24) is 20.7 Å². The van der Waals surface area contributed by atoms with Crippen LogP contribution >= 0.6 is 0 Å².